The number of aliphatic hydroxyl groups is 1. The molecule has 0 unspecified atom stereocenters. The van der Waals surface area contributed by atoms with Gasteiger partial charge in [-0.15, -0.1) is 0 Å². The third-order valence-corrected chi connectivity index (χ3v) is 5.43. The summed E-state index contributed by atoms with van der Waals surface area (Å²) in [5.41, 5.74) is 2.29. The molecule has 3 N–H and O–H groups in total. The number of benzene rings is 1. The second-order valence-corrected chi connectivity index (χ2v) is 6.95. The van der Waals surface area contributed by atoms with Crippen molar-refractivity contribution < 1.29 is 9.90 Å². The Hall–Kier alpha value is -1.92. The molecular weight excluding hydrogens is 304 g/mol. The number of hydrogen-bond donors (Lipinski definition) is 3. The standard InChI is InChI=1S/C18H24N4O2/c23-17-14(4-3-5-16(17)22-8-1-2-9-22)21-18(24)12-6-7-13-15(10-12)20-11-19-13/h6-7,10-11,14,16-17,23H,1-5,8-9H2,(H,19,20)(H,21,24)/t14-,16-,17-/m1/s1. The number of fused-ring (bicyclic) bond motifs is 1. The van der Waals surface area contributed by atoms with Crippen molar-refractivity contribution in [2.45, 2.75) is 50.3 Å². The first kappa shape index (κ1) is 15.6. The number of hydrogen-bond acceptors (Lipinski definition) is 4. The van der Waals surface area contributed by atoms with E-state index in [0.717, 1.165) is 43.4 Å². The maximum absolute atomic E-state index is 12.6. The van der Waals surface area contributed by atoms with E-state index in [1.165, 1.54) is 12.8 Å². The Morgan fingerprint density at radius 3 is 2.92 bits per heavy atom. The summed E-state index contributed by atoms with van der Waals surface area (Å²) in [4.78, 5) is 22.2. The van der Waals surface area contributed by atoms with Gasteiger partial charge in [0.15, 0.2) is 0 Å². The van der Waals surface area contributed by atoms with E-state index in [-0.39, 0.29) is 18.0 Å². The molecule has 1 aliphatic heterocycles. The number of nitrogens with one attached hydrogen (secondary N) is 2. The van der Waals surface area contributed by atoms with Gasteiger partial charge in [-0.1, -0.05) is 0 Å². The number of aliphatic hydroxyl groups excluding tert-OH is 1. The zero-order valence-corrected chi connectivity index (χ0v) is 13.7. The first-order valence-electron chi connectivity index (χ1n) is 8.88. The van der Waals surface area contributed by atoms with Crippen LogP contribution in [-0.2, 0) is 0 Å². The molecule has 1 aromatic carbocycles. The van der Waals surface area contributed by atoms with E-state index < -0.39 is 6.10 Å². The molecule has 0 radical (unpaired) electrons. The Kier molecular flexibility index (Phi) is 4.24. The lowest BCUT2D eigenvalue weighted by Gasteiger charge is -2.40. The fourth-order valence-electron chi connectivity index (χ4n) is 4.11. The smallest absolute Gasteiger partial charge is 0.251 e. The molecule has 128 valence electrons. The lowest BCUT2D eigenvalue weighted by molar-refractivity contribution is 0.00704. The number of rotatable bonds is 3. The van der Waals surface area contributed by atoms with E-state index >= 15 is 0 Å². The van der Waals surface area contributed by atoms with E-state index in [9.17, 15) is 9.90 Å². The number of imidazole rings is 1. The lowest BCUT2D eigenvalue weighted by atomic mass is 9.87. The van der Waals surface area contributed by atoms with Gasteiger partial charge in [0.2, 0.25) is 0 Å². The average molecular weight is 328 g/mol. The van der Waals surface area contributed by atoms with Gasteiger partial charge >= 0.3 is 0 Å². The second kappa shape index (κ2) is 6.53. The van der Waals surface area contributed by atoms with Crippen LogP contribution in [0.5, 0.6) is 0 Å². The first-order chi connectivity index (χ1) is 11.7. The second-order valence-electron chi connectivity index (χ2n) is 6.95. The first-order valence-corrected chi connectivity index (χ1v) is 8.88. The Morgan fingerprint density at radius 2 is 2.08 bits per heavy atom. The highest BCUT2D eigenvalue weighted by Gasteiger charge is 2.37. The largest absolute Gasteiger partial charge is 0.389 e. The number of aromatic amines is 1. The van der Waals surface area contributed by atoms with E-state index in [1.54, 1.807) is 12.4 Å². The van der Waals surface area contributed by atoms with Crippen LogP contribution in [0.3, 0.4) is 0 Å². The van der Waals surface area contributed by atoms with Gasteiger partial charge in [-0.05, 0) is 63.4 Å². The number of carbonyl (C=O) groups excluding carboxylic acids is 1. The molecule has 6 nitrogen and oxygen atoms in total. The summed E-state index contributed by atoms with van der Waals surface area (Å²) in [5, 5.41) is 13.8. The van der Waals surface area contributed by atoms with Crippen molar-refractivity contribution in [1.29, 1.82) is 0 Å². The average Bonchev–Trinajstić information content (AvgIpc) is 3.27. The SMILES string of the molecule is O=C(N[C@@H]1CCC[C@@H](N2CCCC2)[C@@H]1O)c1ccc2nc[nH]c2c1. The molecular formula is C18H24N4O2. The van der Waals surface area contributed by atoms with Gasteiger partial charge in [-0.3, -0.25) is 9.69 Å². The van der Waals surface area contributed by atoms with Crippen molar-refractivity contribution in [1.82, 2.24) is 20.2 Å². The highest BCUT2D eigenvalue weighted by atomic mass is 16.3. The molecule has 1 amide bonds. The number of amides is 1. The van der Waals surface area contributed by atoms with Crippen LogP contribution in [0.2, 0.25) is 0 Å². The van der Waals surface area contributed by atoms with Crippen LogP contribution in [0.15, 0.2) is 24.5 Å². The van der Waals surface area contributed by atoms with Gasteiger partial charge < -0.3 is 15.4 Å². The molecule has 4 rings (SSSR count). The number of H-pyrrole nitrogens is 1. The Bertz CT molecular complexity index is 723. The highest BCUT2D eigenvalue weighted by molar-refractivity contribution is 5.97. The van der Waals surface area contributed by atoms with E-state index in [2.05, 4.69) is 20.2 Å². The predicted octanol–water partition coefficient (Wildman–Crippen LogP) is 1.67. The molecule has 2 aromatic rings. The van der Waals surface area contributed by atoms with Crippen LogP contribution in [-0.4, -0.2) is 57.2 Å². The number of nitrogens with zero attached hydrogens (tertiary/aromatic N) is 2. The Morgan fingerprint density at radius 1 is 1.25 bits per heavy atom. The van der Waals surface area contributed by atoms with E-state index in [4.69, 9.17) is 0 Å². The lowest BCUT2D eigenvalue weighted by Crippen LogP contribution is -2.56. The maximum Gasteiger partial charge on any atom is 0.251 e. The third kappa shape index (κ3) is 2.91. The molecule has 1 saturated carbocycles. The highest BCUT2D eigenvalue weighted by Crippen LogP contribution is 2.27. The van der Waals surface area contributed by atoms with Gasteiger partial charge in [0.1, 0.15) is 0 Å². The van der Waals surface area contributed by atoms with Crippen molar-refractivity contribution in [3.63, 3.8) is 0 Å². The van der Waals surface area contributed by atoms with E-state index in [0.29, 0.717) is 5.56 Å². The van der Waals surface area contributed by atoms with Gasteiger partial charge in [0.05, 0.1) is 29.5 Å². The summed E-state index contributed by atoms with van der Waals surface area (Å²) in [7, 11) is 0. The molecule has 0 spiro atoms. The molecule has 2 aliphatic rings. The van der Waals surface area contributed by atoms with Crippen LogP contribution in [0.4, 0.5) is 0 Å². The van der Waals surface area contributed by atoms with Crippen molar-refractivity contribution in [2.75, 3.05) is 13.1 Å². The topological polar surface area (TPSA) is 81.2 Å². The third-order valence-electron chi connectivity index (χ3n) is 5.43. The van der Waals surface area contributed by atoms with Gasteiger partial charge in [0.25, 0.3) is 5.91 Å². The van der Waals surface area contributed by atoms with Crippen LogP contribution in [0, 0.1) is 0 Å². The maximum atomic E-state index is 12.6. The molecule has 3 atom stereocenters. The van der Waals surface area contributed by atoms with E-state index in [1.807, 2.05) is 12.1 Å². The van der Waals surface area contributed by atoms with Crippen LogP contribution >= 0.6 is 0 Å². The fourth-order valence-corrected chi connectivity index (χ4v) is 4.11. The monoisotopic (exact) mass is 328 g/mol. The Balaban J connectivity index is 1.45. The summed E-state index contributed by atoms with van der Waals surface area (Å²) in [6, 6.07) is 5.44. The minimum absolute atomic E-state index is 0.127. The molecule has 1 aromatic heterocycles. The predicted molar refractivity (Wildman–Crippen MR) is 91.8 cm³/mol. The molecule has 1 saturated heterocycles. The number of carbonyl (C=O) groups is 1. The molecule has 6 heteroatoms. The summed E-state index contributed by atoms with van der Waals surface area (Å²) in [6.07, 6.45) is 6.46. The van der Waals surface area contributed by atoms with Crippen LogP contribution in [0.1, 0.15) is 42.5 Å². The van der Waals surface area contributed by atoms with Crippen molar-refractivity contribution in [3.8, 4) is 0 Å². The summed E-state index contributed by atoms with van der Waals surface area (Å²) in [6.45, 7) is 2.14. The number of likely N-dealkylation sites (tertiary alicyclic amines) is 1. The van der Waals surface area contributed by atoms with Gasteiger partial charge in [-0.2, -0.15) is 0 Å². The van der Waals surface area contributed by atoms with Gasteiger partial charge in [0, 0.05) is 11.6 Å². The molecule has 1 aliphatic carbocycles. The molecule has 24 heavy (non-hydrogen) atoms. The van der Waals surface area contributed by atoms with Gasteiger partial charge in [-0.25, -0.2) is 4.98 Å². The zero-order valence-electron chi connectivity index (χ0n) is 13.7. The zero-order chi connectivity index (χ0) is 16.5. The van der Waals surface area contributed by atoms with Crippen LogP contribution < -0.4 is 5.32 Å². The van der Waals surface area contributed by atoms with Crippen molar-refractivity contribution >= 4 is 16.9 Å². The minimum Gasteiger partial charge on any atom is -0.389 e. The number of aromatic nitrogens is 2. The van der Waals surface area contributed by atoms with Crippen molar-refractivity contribution in [2.24, 2.45) is 0 Å². The summed E-state index contributed by atoms with van der Waals surface area (Å²) in [5.74, 6) is -0.127. The Labute approximate surface area is 141 Å². The van der Waals surface area contributed by atoms with Crippen LogP contribution in [0.25, 0.3) is 11.0 Å². The molecule has 2 fully saturated rings. The summed E-state index contributed by atoms with van der Waals surface area (Å²) < 4.78 is 0. The molecule has 0 bridgehead atoms. The quantitative estimate of drug-likeness (QED) is 0.800. The van der Waals surface area contributed by atoms with Crippen molar-refractivity contribution in [3.05, 3.63) is 30.1 Å². The summed E-state index contributed by atoms with van der Waals surface area (Å²) >= 11 is 0. The normalized spacial score (nSPS) is 28.3. The fraction of sp³-hybridized carbons (Fsp3) is 0.556. The minimum atomic E-state index is -0.489. The molecule has 2 heterocycles.